The van der Waals surface area contributed by atoms with Crippen LogP contribution in [0.5, 0.6) is 0 Å². The van der Waals surface area contributed by atoms with Crippen LogP contribution in [-0.2, 0) is 15.9 Å². The highest BCUT2D eigenvalue weighted by Crippen LogP contribution is 2.34. The van der Waals surface area contributed by atoms with Crippen molar-refractivity contribution in [2.24, 2.45) is 0 Å². The maximum atomic E-state index is 15.2. The Morgan fingerprint density at radius 2 is 1.10 bits per heavy atom. The lowest BCUT2D eigenvalue weighted by Gasteiger charge is -2.30. The molecule has 42 heavy (non-hydrogen) atoms. The van der Waals surface area contributed by atoms with E-state index >= 15 is 8.78 Å². The van der Waals surface area contributed by atoms with Gasteiger partial charge in [-0.3, -0.25) is 0 Å². The first-order valence-corrected chi connectivity index (χ1v) is 15.7. The van der Waals surface area contributed by atoms with Crippen molar-refractivity contribution in [3.8, 4) is 22.3 Å². The second-order valence-electron chi connectivity index (χ2n) is 11.5. The van der Waals surface area contributed by atoms with Crippen LogP contribution in [0, 0.1) is 23.3 Å². The third-order valence-electron chi connectivity index (χ3n) is 8.28. The molecule has 0 radical (unpaired) electrons. The molecule has 0 aromatic heterocycles. The fourth-order valence-electron chi connectivity index (χ4n) is 5.66. The van der Waals surface area contributed by atoms with Crippen molar-refractivity contribution in [3.63, 3.8) is 0 Å². The van der Waals surface area contributed by atoms with E-state index < -0.39 is 23.3 Å². The average Bonchev–Trinajstić information content (AvgIpc) is 3.01. The minimum Gasteiger partial charge on any atom is -0.352 e. The van der Waals surface area contributed by atoms with Gasteiger partial charge in [-0.15, -0.1) is 0 Å². The Labute approximate surface area is 248 Å². The maximum absolute atomic E-state index is 15.2. The van der Waals surface area contributed by atoms with Crippen LogP contribution in [0.4, 0.5) is 17.6 Å². The van der Waals surface area contributed by atoms with E-state index in [0.717, 1.165) is 51.4 Å². The number of ether oxygens (including phenoxy) is 2. The second kappa shape index (κ2) is 16.2. The van der Waals surface area contributed by atoms with Crippen LogP contribution < -0.4 is 0 Å². The summed E-state index contributed by atoms with van der Waals surface area (Å²) in [5.74, 6) is -3.94. The monoisotopic (exact) mass is 584 g/mol. The lowest BCUT2D eigenvalue weighted by Crippen LogP contribution is -2.31. The number of halogens is 4. The first kappa shape index (κ1) is 32.2. The van der Waals surface area contributed by atoms with Crippen molar-refractivity contribution in [1.29, 1.82) is 0 Å². The van der Waals surface area contributed by atoms with Gasteiger partial charge in [-0.25, -0.2) is 17.6 Å². The molecular weight excluding hydrogens is 540 g/mol. The summed E-state index contributed by atoms with van der Waals surface area (Å²) in [5.41, 5.74) is 1.79. The number of rotatable bonds is 15. The third kappa shape index (κ3) is 8.23. The first-order valence-electron chi connectivity index (χ1n) is 15.7. The van der Waals surface area contributed by atoms with Gasteiger partial charge >= 0.3 is 0 Å². The Balaban J connectivity index is 1.38. The SMILES string of the molecule is CCCCCCCc1ccc(-c2ccc(-c3ccc(C4COC(CCCCCCC)OC4)c(F)c3F)cc2)c(F)c1F. The normalized spacial score (nSPS) is 17.1. The molecule has 0 atom stereocenters. The van der Waals surface area contributed by atoms with Crippen LogP contribution in [0.2, 0.25) is 0 Å². The van der Waals surface area contributed by atoms with Crippen molar-refractivity contribution in [2.45, 2.75) is 103 Å². The highest BCUT2D eigenvalue weighted by Gasteiger charge is 2.27. The fourth-order valence-corrected chi connectivity index (χ4v) is 5.66. The molecule has 6 heteroatoms. The van der Waals surface area contributed by atoms with Crippen LogP contribution >= 0.6 is 0 Å². The van der Waals surface area contributed by atoms with Gasteiger partial charge in [-0.1, -0.05) is 114 Å². The highest BCUT2D eigenvalue weighted by atomic mass is 19.2. The van der Waals surface area contributed by atoms with Gasteiger partial charge in [0.25, 0.3) is 0 Å². The maximum Gasteiger partial charge on any atom is 0.166 e. The summed E-state index contributed by atoms with van der Waals surface area (Å²) in [5, 5.41) is 0. The molecule has 0 aliphatic carbocycles. The molecule has 3 aromatic carbocycles. The third-order valence-corrected chi connectivity index (χ3v) is 8.28. The van der Waals surface area contributed by atoms with E-state index in [0.29, 0.717) is 23.1 Å². The molecule has 1 fully saturated rings. The number of aryl methyl sites for hydroxylation is 1. The lowest BCUT2D eigenvalue weighted by molar-refractivity contribution is -0.190. The summed E-state index contributed by atoms with van der Waals surface area (Å²) >= 11 is 0. The molecule has 0 saturated carbocycles. The summed E-state index contributed by atoms with van der Waals surface area (Å²) in [6.45, 7) is 4.88. The van der Waals surface area contributed by atoms with Gasteiger partial charge in [-0.05, 0) is 47.9 Å². The largest absolute Gasteiger partial charge is 0.352 e. The minimum absolute atomic E-state index is 0.107. The minimum atomic E-state index is -0.946. The number of hydrogen-bond donors (Lipinski definition) is 0. The van der Waals surface area contributed by atoms with Gasteiger partial charge in [0.2, 0.25) is 0 Å². The summed E-state index contributed by atoms with van der Waals surface area (Å²) in [6.07, 6.45) is 12.0. The van der Waals surface area contributed by atoms with E-state index in [1.165, 1.54) is 19.3 Å². The van der Waals surface area contributed by atoms with Crippen LogP contribution in [0.15, 0.2) is 48.5 Å². The molecule has 0 spiro atoms. The summed E-state index contributed by atoms with van der Waals surface area (Å²) in [6, 6.07) is 12.8. The molecule has 0 bridgehead atoms. The van der Waals surface area contributed by atoms with Crippen molar-refractivity contribution in [2.75, 3.05) is 13.2 Å². The highest BCUT2D eigenvalue weighted by molar-refractivity contribution is 5.71. The molecule has 1 heterocycles. The Kier molecular flexibility index (Phi) is 12.4. The Bertz CT molecular complexity index is 1270. The quantitative estimate of drug-likeness (QED) is 0.131. The van der Waals surface area contributed by atoms with Gasteiger partial charge in [-0.2, -0.15) is 0 Å². The first-order chi connectivity index (χ1) is 20.4. The topological polar surface area (TPSA) is 18.5 Å². The molecule has 0 N–H and O–H groups in total. The van der Waals surface area contributed by atoms with Crippen LogP contribution in [0.25, 0.3) is 22.3 Å². The zero-order chi connectivity index (χ0) is 29.9. The summed E-state index contributed by atoms with van der Waals surface area (Å²) in [4.78, 5) is 0. The van der Waals surface area contributed by atoms with E-state index in [1.807, 2.05) is 0 Å². The molecule has 3 aromatic rings. The lowest BCUT2D eigenvalue weighted by atomic mass is 9.94. The molecular formula is C36H44F4O2. The van der Waals surface area contributed by atoms with E-state index in [4.69, 9.17) is 9.47 Å². The second-order valence-corrected chi connectivity index (χ2v) is 11.5. The van der Waals surface area contributed by atoms with E-state index in [2.05, 4.69) is 13.8 Å². The van der Waals surface area contributed by atoms with Crippen LogP contribution in [-0.4, -0.2) is 19.5 Å². The molecule has 0 unspecified atom stereocenters. The van der Waals surface area contributed by atoms with Crippen molar-refractivity contribution < 1.29 is 27.0 Å². The smallest absolute Gasteiger partial charge is 0.166 e. The van der Waals surface area contributed by atoms with Gasteiger partial charge in [0.05, 0.1) is 13.2 Å². The van der Waals surface area contributed by atoms with Gasteiger partial charge < -0.3 is 9.47 Å². The zero-order valence-corrected chi connectivity index (χ0v) is 25.0. The molecule has 228 valence electrons. The molecule has 1 saturated heterocycles. The van der Waals surface area contributed by atoms with E-state index in [1.54, 1.807) is 48.5 Å². The average molecular weight is 585 g/mol. The van der Waals surface area contributed by atoms with Gasteiger partial charge in [0.1, 0.15) is 0 Å². The molecule has 1 aliphatic rings. The number of unbranched alkanes of at least 4 members (excludes halogenated alkanes) is 8. The van der Waals surface area contributed by atoms with Crippen LogP contribution in [0.1, 0.15) is 102 Å². The predicted molar refractivity (Wildman–Crippen MR) is 161 cm³/mol. The molecule has 4 rings (SSSR count). The van der Waals surface area contributed by atoms with Gasteiger partial charge in [0.15, 0.2) is 29.6 Å². The summed E-state index contributed by atoms with van der Waals surface area (Å²) < 4.78 is 71.8. The Morgan fingerprint density at radius 1 is 0.571 bits per heavy atom. The Morgan fingerprint density at radius 3 is 1.69 bits per heavy atom. The fraction of sp³-hybridized carbons (Fsp3) is 0.500. The van der Waals surface area contributed by atoms with Gasteiger partial charge in [0, 0.05) is 17.0 Å². The Hall–Kier alpha value is -2.70. The van der Waals surface area contributed by atoms with Crippen molar-refractivity contribution >= 4 is 0 Å². The van der Waals surface area contributed by atoms with Crippen molar-refractivity contribution in [3.05, 3.63) is 82.9 Å². The van der Waals surface area contributed by atoms with E-state index in [9.17, 15) is 8.78 Å². The molecule has 1 aliphatic heterocycles. The van der Waals surface area contributed by atoms with Crippen molar-refractivity contribution in [1.82, 2.24) is 0 Å². The van der Waals surface area contributed by atoms with E-state index in [-0.39, 0.29) is 42.1 Å². The zero-order valence-electron chi connectivity index (χ0n) is 25.0. The van der Waals surface area contributed by atoms with Crippen LogP contribution in [0.3, 0.4) is 0 Å². The molecule has 0 amide bonds. The summed E-state index contributed by atoms with van der Waals surface area (Å²) in [7, 11) is 0. The number of benzene rings is 3. The molecule has 2 nitrogen and oxygen atoms in total. The predicted octanol–water partition coefficient (Wildman–Crippen LogP) is 10.9. The standard InChI is InChI=1S/C36H44F4O2/c1-3-5-7-9-11-13-27-19-20-29(34(38)33(27)37)25-15-17-26(18-16-25)30-21-22-31(36(40)35(30)39)28-23-41-32(42-24-28)14-12-10-8-6-4-2/h15-22,28,32H,3-14,23-24H2,1-2H3. The number of hydrogen-bond acceptors (Lipinski definition) is 2.